The summed E-state index contributed by atoms with van der Waals surface area (Å²) in [6.45, 7) is 3.56. The Kier molecular flexibility index (Phi) is 3.69. The van der Waals surface area contributed by atoms with Crippen LogP contribution in [0.4, 0.5) is 0 Å². The number of hydrogen-bond donors (Lipinski definition) is 1. The second kappa shape index (κ2) is 4.58. The van der Waals surface area contributed by atoms with Crippen molar-refractivity contribution in [3.63, 3.8) is 0 Å². The summed E-state index contributed by atoms with van der Waals surface area (Å²) >= 11 is 0. The van der Waals surface area contributed by atoms with E-state index in [4.69, 9.17) is 14.6 Å². The fraction of sp³-hybridized carbons (Fsp3) is 0.889. The minimum absolute atomic E-state index is 0.198. The lowest BCUT2D eigenvalue weighted by molar-refractivity contribution is -0.206. The molecule has 1 saturated heterocycles. The topological polar surface area (TPSA) is 55.8 Å². The number of aliphatic hydroxyl groups excluding tert-OH is 1. The van der Waals surface area contributed by atoms with E-state index in [1.54, 1.807) is 13.8 Å². The molecule has 0 unspecified atom stereocenters. The molecule has 13 heavy (non-hydrogen) atoms. The van der Waals surface area contributed by atoms with Crippen molar-refractivity contribution in [2.24, 2.45) is 0 Å². The molecule has 0 aromatic carbocycles. The molecule has 0 spiro atoms. The van der Waals surface area contributed by atoms with Gasteiger partial charge in [0.1, 0.15) is 6.10 Å². The summed E-state index contributed by atoms with van der Waals surface area (Å²) in [5, 5.41) is 9.13. The van der Waals surface area contributed by atoms with Gasteiger partial charge in [-0.15, -0.1) is 0 Å². The van der Waals surface area contributed by atoms with Crippen LogP contribution in [-0.2, 0) is 14.3 Å². The number of carbonyl (C=O) groups excluding carboxylic acids is 1. The smallest absolute Gasteiger partial charge is 0.305 e. The Morgan fingerprint density at radius 2 is 2.31 bits per heavy atom. The third-order valence-corrected chi connectivity index (χ3v) is 2.16. The zero-order chi connectivity index (χ0) is 9.84. The lowest BCUT2D eigenvalue weighted by Gasteiger charge is -2.31. The molecular weight excluding hydrogens is 172 g/mol. The predicted octanol–water partition coefficient (Wildman–Crippen LogP) is 0.825. The molecule has 1 heterocycles. The summed E-state index contributed by atoms with van der Waals surface area (Å²) in [7, 11) is 0. The monoisotopic (exact) mass is 188 g/mol. The minimum Gasteiger partial charge on any atom is -0.460 e. The summed E-state index contributed by atoms with van der Waals surface area (Å²) in [5.74, 6) is -0.211. The summed E-state index contributed by atoms with van der Waals surface area (Å²) in [6.07, 6.45) is 0.480. The van der Waals surface area contributed by atoms with Gasteiger partial charge in [0, 0.05) is 12.8 Å². The van der Waals surface area contributed by atoms with Crippen LogP contribution < -0.4 is 0 Å². The lowest BCUT2D eigenvalue weighted by Crippen LogP contribution is -2.39. The summed E-state index contributed by atoms with van der Waals surface area (Å²) in [4.78, 5) is 11.0. The van der Waals surface area contributed by atoms with Crippen molar-refractivity contribution in [2.45, 2.75) is 51.6 Å². The second-order valence-corrected chi connectivity index (χ2v) is 3.26. The van der Waals surface area contributed by atoms with Crippen LogP contribution in [0.2, 0.25) is 0 Å². The summed E-state index contributed by atoms with van der Waals surface area (Å²) in [6, 6.07) is 0. The number of rotatable bonds is 2. The van der Waals surface area contributed by atoms with Gasteiger partial charge in [0.25, 0.3) is 0 Å². The van der Waals surface area contributed by atoms with Gasteiger partial charge >= 0.3 is 5.97 Å². The van der Waals surface area contributed by atoms with Crippen LogP contribution in [0.25, 0.3) is 0 Å². The van der Waals surface area contributed by atoms with E-state index in [1.807, 2.05) is 0 Å². The Labute approximate surface area is 77.8 Å². The number of esters is 1. The molecule has 4 heteroatoms. The van der Waals surface area contributed by atoms with Crippen molar-refractivity contribution in [1.82, 2.24) is 0 Å². The van der Waals surface area contributed by atoms with Gasteiger partial charge in [-0.25, -0.2) is 0 Å². The largest absolute Gasteiger partial charge is 0.460 e. The third-order valence-electron chi connectivity index (χ3n) is 2.16. The molecule has 0 amide bonds. The van der Waals surface area contributed by atoms with Gasteiger partial charge in [-0.2, -0.15) is 0 Å². The molecule has 4 nitrogen and oxygen atoms in total. The number of hydrogen-bond acceptors (Lipinski definition) is 4. The lowest BCUT2D eigenvalue weighted by atomic mass is 10.1. The molecule has 0 radical (unpaired) electrons. The Morgan fingerprint density at radius 3 is 2.85 bits per heavy atom. The van der Waals surface area contributed by atoms with E-state index < -0.39 is 6.29 Å². The van der Waals surface area contributed by atoms with Gasteiger partial charge in [0.05, 0.1) is 6.10 Å². The quantitative estimate of drug-likeness (QED) is 0.652. The molecule has 0 saturated carbocycles. The van der Waals surface area contributed by atoms with Crippen molar-refractivity contribution < 1.29 is 19.4 Å². The van der Waals surface area contributed by atoms with E-state index in [2.05, 4.69) is 0 Å². The van der Waals surface area contributed by atoms with Gasteiger partial charge in [0.2, 0.25) is 0 Å². The van der Waals surface area contributed by atoms with Crippen LogP contribution in [0.5, 0.6) is 0 Å². The average molecular weight is 188 g/mol. The molecule has 1 aliphatic heterocycles. The molecule has 1 aliphatic rings. The van der Waals surface area contributed by atoms with Crippen LogP contribution in [0.1, 0.15) is 33.1 Å². The van der Waals surface area contributed by atoms with Crippen LogP contribution in [-0.4, -0.2) is 29.6 Å². The molecule has 0 aliphatic carbocycles. The fourth-order valence-corrected chi connectivity index (χ4v) is 1.35. The highest BCUT2D eigenvalue weighted by Gasteiger charge is 2.29. The van der Waals surface area contributed by atoms with Crippen LogP contribution in [0.15, 0.2) is 0 Å². The number of carbonyl (C=O) groups is 1. The highest BCUT2D eigenvalue weighted by molar-refractivity contribution is 5.69. The van der Waals surface area contributed by atoms with E-state index in [9.17, 15) is 4.79 Å². The van der Waals surface area contributed by atoms with Crippen molar-refractivity contribution in [3.05, 3.63) is 0 Å². The van der Waals surface area contributed by atoms with Crippen LogP contribution >= 0.6 is 0 Å². The summed E-state index contributed by atoms with van der Waals surface area (Å²) in [5.41, 5.74) is 0. The molecule has 0 aromatic heterocycles. The predicted molar refractivity (Wildman–Crippen MR) is 46.0 cm³/mol. The second-order valence-electron chi connectivity index (χ2n) is 3.26. The molecule has 1 rings (SSSR count). The first-order valence-electron chi connectivity index (χ1n) is 4.66. The van der Waals surface area contributed by atoms with Gasteiger partial charge < -0.3 is 14.6 Å². The zero-order valence-corrected chi connectivity index (χ0v) is 8.03. The molecule has 76 valence electrons. The number of aliphatic hydroxyl groups is 1. The maximum absolute atomic E-state index is 11.0. The minimum atomic E-state index is -0.702. The van der Waals surface area contributed by atoms with E-state index in [-0.39, 0.29) is 18.2 Å². The molecule has 1 N–H and O–H groups in total. The third kappa shape index (κ3) is 2.97. The first-order valence-corrected chi connectivity index (χ1v) is 4.66. The van der Waals surface area contributed by atoms with Gasteiger partial charge in [-0.3, -0.25) is 4.79 Å². The summed E-state index contributed by atoms with van der Waals surface area (Å²) < 4.78 is 10.2. The Hall–Kier alpha value is -0.610. The Balaban J connectivity index is 2.38. The van der Waals surface area contributed by atoms with Gasteiger partial charge in [-0.05, 0) is 13.3 Å². The van der Waals surface area contributed by atoms with Gasteiger partial charge in [-0.1, -0.05) is 6.92 Å². The highest BCUT2D eigenvalue weighted by Crippen LogP contribution is 2.20. The molecule has 0 bridgehead atoms. The SMILES string of the molecule is CCC(=O)O[C@@H]1CC[C@H](O)O[C@H]1C. The maximum Gasteiger partial charge on any atom is 0.305 e. The Morgan fingerprint density at radius 1 is 1.62 bits per heavy atom. The van der Waals surface area contributed by atoms with Crippen molar-refractivity contribution in [1.29, 1.82) is 0 Å². The van der Waals surface area contributed by atoms with Crippen molar-refractivity contribution in [2.75, 3.05) is 0 Å². The molecule has 0 aromatic rings. The standard InChI is InChI=1S/C9H16O4/c1-3-8(10)13-7-4-5-9(11)12-6(7)2/h6-7,9,11H,3-5H2,1-2H3/t6-,7+,9+/m0/s1. The molecule has 3 atom stereocenters. The van der Waals surface area contributed by atoms with Crippen molar-refractivity contribution >= 4 is 5.97 Å². The number of ether oxygens (including phenoxy) is 2. The van der Waals surface area contributed by atoms with Crippen molar-refractivity contribution in [3.8, 4) is 0 Å². The first-order chi connectivity index (χ1) is 6.13. The maximum atomic E-state index is 11.0. The van der Waals surface area contributed by atoms with Crippen LogP contribution in [0, 0.1) is 0 Å². The zero-order valence-electron chi connectivity index (χ0n) is 8.03. The molecular formula is C9H16O4. The van der Waals surface area contributed by atoms with E-state index >= 15 is 0 Å². The van der Waals surface area contributed by atoms with E-state index in [0.29, 0.717) is 19.3 Å². The van der Waals surface area contributed by atoms with E-state index in [0.717, 1.165) is 0 Å². The fourth-order valence-electron chi connectivity index (χ4n) is 1.35. The molecule has 1 fully saturated rings. The normalized spacial score (nSPS) is 34.2. The van der Waals surface area contributed by atoms with Gasteiger partial charge in [0.15, 0.2) is 6.29 Å². The Bertz CT molecular complexity index is 180. The highest BCUT2D eigenvalue weighted by atomic mass is 16.6. The first kappa shape index (κ1) is 10.5. The van der Waals surface area contributed by atoms with Crippen LogP contribution in [0.3, 0.4) is 0 Å². The average Bonchev–Trinajstić information content (AvgIpc) is 2.09. The van der Waals surface area contributed by atoms with E-state index in [1.165, 1.54) is 0 Å².